The fourth-order valence-electron chi connectivity index (χ4n) is 1.36. The van der Waals surface area contributed by atoms with Gasteiger partial charge in [0.2, 0.25) is 0 Å². The van der Waals surface area contributed by atoms with Gasteiger partial charge in [0.25, 0.3) is 0 Å². The predicted molar refractivity (Wildman–Crippen MR) is 61.2 cm³/mol. The van der Waals surface area contributed by atoms with E-state index in [1.165, 1.54) is 0 Å². The van der Waals surface area contributed by atoms with Gasteiger partial charge in [-0.1, -0.05) is 17.3 Å². The smallest absolute Gasteiger partial charge is 0.170 e. The molecule has 0 bridgehead atoms. The van der Waals surface area contributed by atoms with Crippen LogP contribution in [0.4, 0.5) is 0 Å². The van der Waals surface area contributed by atoms with Crippen molar-refractivity contribution in [3.05, 3.63) is 36.0 Å². The van der Waals surface area contributed by atoms with E-state index in [2.05, 4.69) is 17.8 Å². The summed E-state index contributed by atoms with van der Waals surface area (Å²) >= 11 is 4.13. The first-order valence-electron chi connectivity index (χ1n) is 4.55. The number of benzene rings is 1. The Morgan fingerprint density at radius 2 is 2.20 bits per heavy atom. The number of rotatable bonds is 3. The Balaban J connectivity index is 2.44. The van der Waals surface area contributed by atoms with Crippen molar-refractivity contribution in [3.63, 3.8) is 0 Å². The van der Waals surface area contributed by atoms with Gasteiger partial charge in [-0.15, -0.1) is 0 Å². The third-order valence-electron chi connectivity index (χ3n) is 2.09. The lowest BCUT2D eigenvalue weighted by Gasteiger charge is -2.03. The second kappa shape index (κ2) is 4.40. The molecule has 78 valence electrons. The molecule has 0 N–H and O–H groups in total. The van der Waals surface area contributed by atoms with Crippen LogP contribution in [-0.4, -0.2) is 12.3 Å². The van der Waals surface area contributed by atoms with E-state index in [0.717, 1.165) is 17.0 Å². The maximum absolute atomic E-state index is 5.24. The zero-order valence-electron chi connectivity index (χ0n) is 8.30. The zero-order valence-corrected chi connectivity index (χ0v) is 9.20. The molecule has 15 heavy (non-hydrogen) atoms. The monoisotopic (exact) mass is 221 g/mol. The van der Waals surface area contributed by atoms with E-state index < -0.39 is 0 Å². The molecule has 0 fully saturated rings. The van der Waals surface area contributed by atoms with Gasteiger partial charge < -0.3 is 9.26 Å². The molecule has 0 aliphatic rings. The Kier molecular flexibility index (Phi) is 2.97. The first kappa shape index (κ1) is 10.1. The Bertz CT molecular complexity index is 453. The lowest BCUT2D eigenvalue weighted by Crippen LogP contribution is -1.85. The fraction of sp³-hybridized carbons (Fsp3) is 0.182. The van der Waals surface area contributed by atoms with Gasteiger partial charge in [-0.05, 0) is 12.1 Å². The molecule has 1 heterocycles. The summed E-state index contributed by atoms with van der Waals surface area (Å²) in [7, 11) is 1.63. The molecule has 0 atom stereocenters. The SMILES string of the molecule is COc1ccccc1-c1cc(CS)no1. The summed E-state index contributed by atoms with van der Waals surface area (Å²) in [5.41, 5.74) is 1.72. The van der Waals surface area contributed by atoms with Crippen molar-refractivity contribution in [2.75, 3.05) is 7.11 Å². The fourth-order valence-corrected chi connectivity index (χ4v) is 1.51. The number of hydrogen-bond acceptors (Lipinski definition) is 4. The molecule has 0 unspecified atom stereocenters. The number of nitrogens with zero attached hydrogens (tertiary/aromatic N) is 1. The summed E-state index contributed by atoms with van der Waals surface area (Å²) in [6.07, 6.45) is 0. The summed E-state index contributed by atoms with van der Waals surface area (Å²) in [5, 5.41) is 3.88. The summed E-state index contributed by atoms with van der Waals surface area (Å²) in [6, 6.07) is 9.53. The van der Waals surface area contributed by atoms with Crippen LogP contribution in [0.25, 0.3) is 11.3 Å². The van der Waals surface area contributed by atoms with Crippen molar-refractivity contribution in [3.8, 4) is 17.1 Å². The summed E-state index contributed by atoms with van der Waals surface area (Å²) in [6.45, 7) is 0. The molecule has 2 aromatic rings. The predicted octanol–water partition coefficient (Wildman–Crippen LogP) is 2.78. The number of thiol groups is 1. The van der Waals surface area contributed by atoms with Gasteiger partial charge in [0, 0.05) is 11.8 Å². The molecule has 0 aliphatic heterocycles. The minimum atomic E-state index is 0.568. The third-order valence-corrected chi connectivity index (χ3v) is 2.42. The van der Waals surface area contributed by atoms with E-state index in [-0.39, 0.29) is 0 Å². The molecule has 1 aromatic carbocycles. The first-order chi connectivity index (χ1) is 7.35. The van der Waals surface area contributed by atoms with E-state index in [1.54, 1.807) is 7.11 Å². The van der Waals surface area contributed by atoms with Crippen LogP contribution in [0.15, 0.2) is 34.9 Å². The summed E-state index contributed by atoms with van der Waals surface area (Å²) < 4.78 is 10.4. The minimum absolute atomic E-state index is 0.568. The molecule has 0 radical (unpaired) electrons. The molecule has 2 rings (SSSR count). The van der Waals surface area contributed by atoms with Gasteiger partial charge in [0.1, 0.15) is 5.75 Å². The van der Waals surface area contributed by atoms with Gasteiger partial charge in [-0.25, -0.2) is 0 Å². The number of para-hydroxylation sites is 1. The van der Waals surface area contributed by atoms with E-state index in [1.807, 2.05) is 30.3 Å². The van der Waals surface area contributed by atoms with Crippen molar-refractivity contribution in [1.29, 1.82) is 0 Å². The maximum Gasteiger partial charge on any atom is 0.170 e. The molecule has 4 heteroatoms. The van der Waals surface area contributed by atoms with E-state index in [0.29, 0.717) is 11.5 Å². The average molecular weight is 221 g/mol. The quantitative estimate of drug-likeness (QED) is 0.809. The van der Waals surface area contributed by atoms with Crippen LogP contribution in [0.5, 0.6) is 5.75 Å². The highest BCUT2D eigenvalue weighted by Gasteiger charge is 2.10. The highest BCUT2D eigenvalue weighted by molar-refractivity contribution is 7.79. The Morgan fingerprint density at radius 1 is 1.40 bits per heavy atom. The van der Waals surface area contributed by atoms with E-state index >= 15 is 0 Å². The Labute approximate surface area is 93.5 Å². The second-order valence-corrected chi connectivity index (χ2v) is 3.36. The normalized spacial score (nSPS) is 10.3. The van der Waals surface area contributed by atoms with Gasteiger partial charge in [-0.2, -0.15) is 12.6 Å². The minimum Gasteiger partial charge on any atom is -0.496 e. The molecule has 1 aromatic heterocycles. The molecule has 3 nitrogen and oxygen atoms in total. The molecule has 0 amide bonds. The number of ether oxygens (including phenoxy) is 1. The van der Waals surface area contributed by atoms with Crippen LogP contribution in [0.1, 0.15) is 5.69 Å². The van der Waals surface area contributed by atoms with Crippen LogP contribution in [-0.2, 0) is 5.75 Å². The standard InChI is InChI=1S/C11H11NO2S/c1-13-10-5-3-2-4-9(10)11-6-8(7-15)12-14-11/h2-6,15H,7H2,1H3. The average Bonchev–Trinajstić information content (AvgIpc) is 2.77. The Hall–Kier alpha value is -1.42. The van der Waals surface area contributed by atoms with Crippen LogP contribution in [0, 0.1) is 0 Å². The summed E-state index contributed by atoms with van der Waals surface area (Å²) in [4.78, 5) is 0. The van der Waals surface area contributed by atoms with Gasteiger partial charge >= 0.3 is 0 Å². The largest absolute Gasteiger partial charge is 0.496 e. The van der Waals surface area contributed by atoms with E-state index in [9.17, 15) is 0 Å². The van der Waals surface area contributed by atoms with Gasteiger partial charge in [0.05, 0.1) is 18.4 Å². The topological polar surface area (TPSA) is 35.3 Å². The van der Waals surface area contributed by atoms with Crippen LogP contribution >= 0.6 is 12.6 Å². The second-order valence-electron chi connectivity index (χ2n) is 3.04. The van der Waals surface area contributed by atoms with Crippen molar-refractivity contribution in [1.82, 2.24) is 5.16 Å². The highest BCUT2D eigenvalue weighted by atomic mass is 32.1. The zero-order chi connectivity index (χ0) is 10.7. The van der Waals surface area contributed by atoms with Crippen molar-refractivity contribution in [2.45, 2.75) is 5.75 Å². The molecular formula is C11H11NO2S. The molecule has 0 aliphatic carbocycles. The van der Waals surface area contributed by atoms with Crippen molar-refractivity contribution in [2.24, 2.45) is 0 Å². The lowest BCUT2D eigenvalue weighted by molar-refractivity contribution is 0.404. The van der Waals surface area contributed by atoms with Crippen molar-refractivity contribution < 1.29 is 9.26 Å². The maximum atomic E-state index is 5.24. The number of hydrogen-bond donors (Lipinski definition) is 1. The highest BCUT2D eigenvalue weighted by Crippen LogP contribution is 2.29. The third kappa shape index (κ3) is 1.99. The lowest BCUT2D eigenvalue weighted by atomic mass is 10.1. The Morgan fingerprint density at radius 3 is 2.87 bits per heavy atom. The molecule has 0 spiro atoms. The summed E-state index contributed by atoms with van der Waals surface area (Å²) in [5.74, 6) is 2.05. The molecular weight excluding hydrogens is 210 g/mol. The molecule has 0 saturated heterocycles. The van der Waals surface area contributed by atoms with Gasteiger partial charge in [0.15, 0.2) is 5.76 Å². The number of methoxy groups -OCH3 is 1. The molecule has 0 saturated carbocycles. The number of aromatic nitrogens is 1. The van der Waals surface area contributed by atoms with Crippen LogP contribution in [0.3, 0.4) is 0 Å². The van der Waals surface area contributed by atoms with Gasteiger partial charge in [-0.3, -0.25) is 0 Å². The van der Waals surface area contributed by atoms with Crippen LogP contribution in [0.2, 0.25) is 0 Å². The first-order valence-corrected chi connectivity index (χ1v) is 5.18. The van der Waals surface area contributed by atoms with E-state index in [4.69, 9.17) is 9.26 Å². The van der Waals surface area contributed by atoms with Crippen LogP contribution < -0.4 is 4.74 Å². The van der Waals surface area contributed by atoms with Crippen molar-refractivity contribution >= 4 is 12.6 Å².